The predicted octanol–water partition coefficient (Wildman–Crippen LogP) is 2.41. The van der Waals surface area contributed by atoms with Crippen LogP contribution in [-0.2, 0) is 11.2 Å². The number of carbonyl (C=O) groups excluding carboxylic acids is 1. The van der Waals surface area contributed by atoms with Crippen LogP contribution in [0.4, 0.5) is 10.1 Å². The van der Waals surface area contributed by atoms with Gasteiger partial charge in [-0.05, 0) is 44.9 Å². The Labute approximate surface area is 127 Å². The fourth-order valence-corrected chi connectivity index (χ4v) is 2.18. The summed E-state index contributed by atoms with van der Waals surface area (Å²) in [5, 5.41) is 2.62. The van der Waals surface area contributed by atoms with Crippen molar-refractivity contribution in [1.82, 2.24) is 9.97 Å². The van der Waals surface area contributed by atoms with E-state index in [-0.39, 0.29) is 30.1 Å². The van der Waals surface area contributed by atoms with Gasteiger partial charge in [0.05, 0.1) is 0 Å². The molecule has 0 radical (unpaired) electrons. The van der Waals surface area contributed by atoms with E-state index in [0.29, 0.717) is 28.3 Å². The van der Waals surface area contributed by atoms with Crippen molar-refractivity contribution >= 4 is 11.6 Å². The molecule has 5 nitrogen and oxygen atoms in total. The molecule has 2 N–H and O–H groups in total. The Morgan fingerprint density at radius 3 is 2.68 bits per heavy atom. The molecule has 1 heterocycles. The summed E-state index contributed by atoms with van der Waals surface area (Å²) in [4.78, 5) is 30.5. The maximum Gasteiger partial charge on any atom is 0.254 e. The molecule has 0 spiro atoms. The van der Waals surface area contributed by atoms with Gasteiger partial charge in [0.15, 0.2) is 0 Å². The summed E-state index contributed by atoms with van der Waals surface area (Å²) >= 11 is 0. The molecule has 0 aliphatic heterocycles. The quantitative estimate of drug-likeness (QED) is 0.910. The average Bonchev–Trinajstić information content (AvgIpc) is 2.41. The van der Waals surface area contributed by atoms with Crippen molar-refractivity contribution in [3.8, 4) is 0 Å². The van der Waals surface area contributed by atoms with Crippen molar-refractivity contribution in [2.24, 2.45) is 0 Å². The van der Waals surface area contributed by atoms with E-state index in [1.807, 2.05) is 0 Å². The second-order valence-electron chi connectivity index (χ2n) is 5.23. The maximum atomic E-state index is 13.4. The predicted molar refractivity (Wildman–Crippen MR) is 82.4 cm³/mol. The van der Waals surface area contributed by atoms with Crippen molar-refractivity contribution in [2.75, 3.05) is 5.32 Å². The molecule has 1 aromatic carbocycles. The Kier molecular flexibility index (Phi) is 4.70. The van der Waals surface area contributed by atoms with E-state index in [2.05, 4.69) is 15.3 Å². The number of hydrogen-bond donors (Lipinski definition) is 2. The zero-order chi connectivity index (χ0) is 16.3. The Hall–Kier alpha value is -2.50. The van der Waals surface area contributed by atoms with Crippen LogP contribution in [0, 0.1) is 26.6 Å². The fourth-order valence-electron chi connectivity index (χ4n) is 2.18. The first-order chi connectivity index (χ1) is 10.4. The lowest BCUT2D eigenvalue weighted by molar-refractivity contribution is -0.116. The van der Waals surface area contributed by atoms with Crippen LogP contribution in [0.25, 0.3) is 0 Å². The highest BCUT2D eigenvalue weighted by molar-refractivity contribution is 5.90. The summed E-state index contributed by atoms with van der Waals surface area (Å²) in [7, 11) is 0. The lowest BCUT2D eigenvalue weighted by atomic mass is 10.1. The maximum absolute atomic E-state index is 13.4. The number of carbonyl (C=O) groups is 1. The second-order valence-corrected chi connectivity index (χ2v) is 5.23. The number of aryl methyl sites for hydroxylation is 3. The number of H-pyrrole nitrogens is 1. The van der Waals surface area contributed by atoms with E-state index in [9.17, 15) is 14.0 Å². The van der Waals surface area contributed by atoms with E-state index in [1.54, 1.807) is 32.9 Å². The van der Waals surface area contributed by atoms with Crippen LogP contribution in [-0.4, -0.2) is 15.9 Å². The second kappa shape index (κ2) is 6.51. The van der Waals surface area contributed by atoms with Gasteiger partial charge in [0, 0.05) is 23.4 Å². The summed E-state index contributed by atoms with van der Waals surface area (Å²) in [5.41, 5.74) is 1.82. The van der Waals surface area contributed by atoms with E-state index in [4.69, 9.17) is 0 Å². The highest BCUT2D eigenvalue weighted by Gasteiger charge is 2.10. The fraction of sp³-hybridized carbons (Fsp3) is 0.312. The van der Waals surface area contributed by atoms with Crippen molar-refractivity contribution in [1.29, 1.82) is 0 Å². The van der Waals surface area contributed by atoms with Crippen LogP contribution in [0.15, 0.2) is 23.0 Å². The SMILES string of the molecule is Cc1nc(C)c(CCC(=O)Nc2ccc(C)c(F)c2)c(=O)[nH]1. The molecule has 0 fully saturated rings. The number of hydrogen-bond acceptors (Lipinski definition) is 3. The topological polar surface area (TPSA) is 74.8 Å². The van der Waals surface area contributed by atoms with Gasteiger partial charge in [-0.25, -0.2) is 9.37 Å². The molecule has 0 aliphatic rings. The molecule has 0 aliphatic carbocycles. The van der Waals surface area contributed by atoms with Crippen LogP contribution in [0.1, 0.15) is 29.1 Å². The lowest BCUT2D eigenvalue weighted by Crippen LogP contribution is -2.20. The van der Waals surface area contributed by atoms with Gasteiger partial charge >= 0.3 is 0 Å². The molecule has 0 bridgehead atoms. The minimum atomic E-state index is -0.368. The van der Waals surface area contributed by atoms with Gasteiger partial charge in [-0.3, -0.25) is 9.59 Å². The number of anilines is 1. The van der Waals surface area contributed by atoms with Gasteiger partial charge in [0.2, 0.25) is 5.91 Å². The third-order valence-electron chi connectivity index (χ3n) is 3.40. The molecule has 0 unspecified atom stereocenters. The Morgan fingerprint density at radius 1 is 1.32 bits per heavy atom. The van der Waals surface area contributed by atoms with Crippen LogP contribution in [0.2, 0.25) is 0 Å². The number of amides is 1. The standard InChI is InChI=1S/C16H18FN3O2/c1-9-4-5-12(8-14(9)17)20-15(21)7-6-13-10(2)18-11(3)19-16(13)22/h4-5,8H,6-7H2,1-3H3,(H,20,21)(H,18,19,22). The molecule has 0 saturated carbocycles. The number of nitrogens with zero attached hydrogens (tertiary/aromatic N) is 1. The smallest absolute Gasteiger partial charge is 0.254 e. The minimum absolute atomic E-state index is 0.129. The van der Waals surface area contributed by atoms with Crippen LogP contribution >= 0.6 is 0 Å². The van der Waals surface area contributed by atoms with Crippen LogP contribution in [0.5, 0.6) is 0 Å². The monoisotopic (exact) mass is 303 g/mol. The van der Waals surface area contributed by atoms with E-state index in [1.165, 1.54) is 6.07 Å². The summed E-state index contributed by atoms with van der Waals surface area (Å²) in [5.74, 6) is -0.0960. The van der Waals surface area contributed by atoms with E-state index >= 15 is 0 Å². The van der Waals surface area contributed by atoms with Crippen molar-refractivity contribution in [2.45, 2.75) is 33.6 Å². The van der Waals surface area contributed by atoms with E-state index < -0.39 is 0 Å². The Bertz CT molecular complexity index is 768. The number of halogens is 1. The lowest BCUT2D eigenvalue weighted by Gasteiger charge is -2.07. The summed E-state index contributed by atoms with van der Waals surface area (Å²) < 4.78 is 13.4. The number of rotatable bonds is 4. The molecule has 0 saturated heterocycles. The van der Waals surface area contributed by atoms with E-state index in [0.717, 1.165) is 0 Å². The third kappa shape index (κ3) is 3.78. The minimum Gasteiger partial charge on any atom is -0.326 e. The molecule has 2 aromatic rings. The van der Waals surface area contributed by atoms with Crippen molar-refractivity contribution in [3.63, 3.8) is 0 Å². The summed E-state index contributed by atoms with van der Waals surface area (Å²) in [6.07, 6.45) is 0.415. The normalized spacial score (nSPS) is 10.5. The summed E-state index contributed by atoms with van der Waals surface area (Å²) in [6, 6.07) is 4.52. The third-order valence-corrected chi connectivity index (χ3v) is 3.40. The molecule has 22 heavy (non-hydrogen) atoms. The first-order valence-corrected chi connectivity index (χ1v) is 6.99. The molecule has 1 amide bonds. The van der Waals surface area contributed by atoms with Crippen LogP contribution in [0.3, 0.4) is 0 Å². The average molecular weight is 303 g/mol. The van der Waals surface area contributed by atoms with Gasteiger partial charge in [-0.15, -0.1) is 0 Å². The van der Waals surface area contributed by atoms with Crippen molar-refractivity contribution in [3.05, 3.63) is 57.0 Å². The number of benzene rings is 1. The number of nitrogens with one attached hydrogen (secondary N) is 2. The zero-order valence-corrected chi connectivity index (χ0v) is 12.8. The molecular formula is C16H18FN3O2. The molecule has 2 rings (SSSR count). The summed E-state index contributed by atoms with van der Waals surface area (Å²) in [6.45, 7) is 5.10. The molecule has 6 heteroatoms. The molecule has 1 aromatic heterocycles. The molecular weight excluding hydrogens is 285 g/mol. The number of aromatic amines is 1. The van der Waals surface area contributed by atoms with Gasteiger partial charge in [0.1, 0.15) is 11.6 Å². The van der Waals surface area contributed by atoms with Crippen molar-refractivity contribution < 1.29 is 9.18 Å². The molecule has 0 atom stereocenters. The largest absolute Gasteiger partial charge is 0.326 e. The molecule has 116 valence electrons. The van der Waals surface area contributed by atoms with Gasteiger partial charge in [0.25, 0.3) is 5.56 Å². The first kappa shape index (κ1) is 15.9. The zero-order valence-electron chi connectivity index (χ0n) is 12.8. The number of aromatic nitrogens is 2. The highest BCUT2D eigenvalue weighted by atomic mass is 19.1. The highest BCUT2D eigenvalue weighted by Crippen LogP contribution is 2.14. The van der Waals surface area contributed by atoms with Gasteiger partial charge < -0.3 is 10.3 Å². The van der Waals surface area contributed by atoms with Gasteiger partial charge in [-0.1, -0.05) is 6.07 Å². The Balaban J connectivity index is 2.01. The van der Waals surface area contributed by atoms with Gasteiger partial charge in [-0.2, -0.15) is 0 Å². The Morgan fingerprint density at radius 2 is 2.05 bits per heavy atom. The van der Waals surface area contributed by atoms with Crippen LogP contribution < -0.4 is 10.9 Å². The first-order valence-electron chi connectivity index (χ1n) is 6.99.